The van der Waals surface area contributed by atoms with Gasteiger partial charge in [0.1, 0.15) is 17.6 Å². The molecule has 0 bridgehead atoms. The Morgan fingerprint density at radius 3 is 2.67 bits per heavy atom. The van der Waals surface area contributed by atoms with E-state index in [0.29, 0.717) is 5.02 Å². The number of nitrogens with one attached hydrogen (secondary N) is 1. The largest absolute Gasteiger partial charge is 0.384 e. The van der Waals surface area contributed by atoms with Gasteiger partial charge in [0, 0.05) is 5.02 Å². The fraction of sp³-hybridized carbons (Fsp3) is 0. The molecule has 2 aromatic rings. The maximum atomic E-state index is 12.1. The lowest BCUT2D eigenvalue weighted by Gasteiger charge is -2.08. The van der Waals surface area contributed by atoms with E-state index < -0.39 is 16.5 Å². The lowest BCUT2D eigenvalue weighted by molar-refractivity contribution is -0.385. The average molecular weight is 327 g/mol. The van der Waals surface area contributed by atoms with Gasteiger partial charge in [-0.2, -0.15) is 0 Å². The predicted octanol–water partition coefficient (Wildman–Crippen LogP) is 3.13. The van der Waals surface area contributed by atoms with Crippen molar-refractivity contribution in [3.63, 3.8) is 0 Å². The zero-order chi connectivity index (χ0) is 15.6. The number of benzene rings is 1. The highest BCUT2D eigenvalue weighted by Crippen LogP contribution is 2.27. The Bertz CT molecular complexity index is 736. The molecule has 0 saturated carbocycles. The van der Waals surface area contributed by atoms with Gasteiger partial charge >= 0.3 is 0 Å². The van der Waals surface area contributed by atoms with Crippen LogP contribution in [0.15, 0.2) is 30.5 Å². The molecule has 1 aromatic carbocycles. The normalized spacial score (nSPS) is 10.2. The molecule has 0 fully saturated rings. The second kappa shape index (κ2) is 5.94. The summed E-state index contributed by atoms with van der Waals surface area (Å²) in [6.45, 7) is 0. The van der Waals surface area contributed by atoms with E-state index in [1.54, 1.807) is 0 Å². The first-order valence-corrected chi connectivity index (χ1v) is 6.30. The second-order valence-electron chi connectivity index (χ2n) is 3.96. The lowest BCUT2D eigenvalue weighted by atomic mass is 10.2. The molecule has 0 radical (unpaired) electrons. The molecular weight excluding hydrogens is 319 g/mol. The number of nitrogen functional groups attached to an aromatic ring is 1. The number of halogens is 2. The van der Waals surface area contributed by atoms with Gasteiger partial charge in [0.2, 0.25) is 0 Å². The van der Waals surface area contributed by atoms with Crippen LogP contribution >= 0.6 is 23.2 Å². The van der Waals surface area contributed by atoms with Crippen molar-refractivity contribution in [3.05, 3.63) is 56.2 Å². The van der Waals surface area contributed by atoms with Crippen LogP contribution in [0.25, 0.3) is 0 Å². The molecule has 0 spiro atoms. The highest BCUT2D eigenvalue weighted by Gasteiger charge is 2.21. The molecule has 0 saturated heterocycles. The molecule has 2 rings (SSSR count). The van der Waals surface area contributed by atoms with Crippen LogP contribution in [0.4, 0.5) is 17.2 Å². The summed E-state index contributed by atoms with van der Waals surface area (Å²) < 4.78 is 0. The third-order valence-electron chi connectivity index (χ3n) is 2.52. The number of nitro groups is 1. The van der Waals surface area contributed by atoms with Gasteiger partial charge in [-0.25, -0.2) is 4.98 Å². The average Bonchev–Trinajstić information content (AvgIpc) is 2.41. The summed E-state index contributed by atoms with van der Waals surface area (Å²) in [5, 5.41) is 14.0. The molecule has 0 aliphatic rings. The molecule has 21 heavy (non-hydrogen) atoms. The Balaban J connectivity index is 2.36. The molecule has 1 heterocycles. The molecule has 0 aliphatic heterocycles. The van der Waals surface area contributed by atoms with Crippen LogP contribution < -0.4 is 11.1 Å². The van der Waals surface area contributed by atoms with Crippen molar-refractivity contribution in [3.8, 4) is 0 Å². The van der Waals surface area contributed by atoms with Crippen LogP contribution in [-0.4, -0.2) is 15.8 Å². The summed E-state index contributed by atoms with van der Waals surface area (Å²) in [4.78, 5) is 25.9. The van der Waals surface area contributed by atoms with Crippen LogP contribution in [0, 0.1) is 10.1 Å². The van der Waals surface area contributed by atoms with E-state index in [1.807, 2.05) is 0 Å². The number of nitrogens with two attached hydrogens (primary N) is 1. The van der Waals surface area contributed by atoms with Crippen molar-refractivity contribution >= 4 is 46.3 Å². The topological polar surface area (TPSA) is 111 Å². The fourth-order valence-corrected chi connectivity index (χ4v) is 2.03. The zero-order valence-corrected chi connectivity index (χ0v) is 11.9. The number of nitrogens with zero attached hydrogens (tertiary/aromatic N) is 2. The van der Waals surface area contributed by atoms with Gasteiger partial charge in [0.25, 0.3) is 11.6 Å². The summed E-state index contributed by atoms with van der Waals surface area (Å²) >= 11 is 11.7. The molecule has 1 amide bonds. The van der Waals surface area contributed by atoms with Crippen LogP contribution in [0.1, 0.15) is 10.4 Å². The number of rotatable bonds is 3. The molecule has 7 nitrogen and oxygen atoms in total. The van der Waals surface area contributed by atoms with Gasteiger partial charge < -0.3 is 11.1 Å². The van der Waals surface area contributed by atoms with Gasteiger partial charge in [-0.1, -0.05) is 23.2 Å². The van der Waals surface area contributed by atoms with E-state index in [2.05, 4.69) is 10.3 Å². The van der Waals surface area contributed by atoms with Crippen LogP contribution in [0.3, 0.4) is 0 Å². The standard InChI is InChI=1S/C12H8Cl2N4O3/c13-6-1-2-9(8(14)3-6)17-12(19)7-4-11(15)16-5-10(7)18(20)21/h1-5H,(H2,15,16)(H,17,19). The first-order chi connectivity index (χ1) is 9.88. The van der Waals surface area contributed by atoms with Crippen molar-refractivity contribution in [1.82, 2.24) is 4.98 Å². The lowest BCUT2D eigenvalue weighted by Crippen LogP contribution is -2.15. The van der Waals surface area contributed by atoms with Crippen molar-refractivity contribution in [2.24, 2.45) is 0 Å². The summed E-state index contributed by atoms with van der Waals surface area (Å²) in [7, 11) is 0. The number of hydrogen-bond acceptors (Lipinski definition) is 5. The molecular formula is C12H8Cl2N4O3. The Morgan fingerprint density at radius 1 is 1.33 bits per heavy atom. The minimum absolute atomic E-state index is 0.00652. The smallest absolute Gasteiger partial charge is 0.300 e. The molecule has 3 N–H and O–H groups in total. The van der Waals surface area contributed by atoms with Gasteiger partial charge in [0.15, 0.2) is 0 Å². The molecule has 0 unspecified atom stereocenters. The van der Waals surface area contributed by atoms with Gasteiger partial charge in [-0.15, -0.1) is 0 Å². The Morgan fingerprint density at radius 2 is 2.05 bits per heavy atom. The predicted molar refractivity (Wildman–Crippen MR) is 79.7 cm³/mol. The van der Waals surface area contributed by atoms with Crippen LogP contribution in [0.2, 0.25) is 10.0 Å². The summed E-state index contributed by atoms with van der Waals surface area (Å²) in [5.41, 5.74) is 5.06. The number of carbonyl (C=O) groups excluding carboxylic acids is 1. The van der Waals surface area contributed by atoms with E-state index in [4.69, 9.17) is 28.9 Å². The van der Waals surface area contributed by atoms with E-state index in [-0.39, 0.29) is 22.1 Å². The number of anilines is 2. The number of aromatic nitrogens is 1. The summed E-state index contributed by atoms with van der Waals surface area (Å²) in [5.74, 6) is -0.729. The van der Waals surface area contributed by atoms with Crippen molar-refractivity contribution < 1.29 is 9.72 Å². The van der Waals surface area contributed by atoms with E-state index in [9.17, 15) is 14.9 Å². The minimum Gasteiger partial charge on any atom is -0.384 e. The Labute approximate surface area is 128 Å². The quantitative estimate of drug-likeness (QED) is 0.664. The van der Waals surface area contributed by atoms with E-state index in [0.717, 1.165) is 12.3 Å². The Kier molecular flexibility index (Phi) is 4.25. The molecule has 108 valence electrons. The maximum absolute atomic E-state index is 12.1. The third kappa shape index (κ3) is 3.39. The van der Waals surface area contributed by atoms with Crippen molar-refractivity contribution in [2.75, 3.05) is 11.1 Å². The number of pyridine rings is 1. The number of amides is 1. The van der Waals surface area contributed by atoms with Crippen molar-refractivity contribution in [2.45, 2.75) is 0 Å². The van der Waals surface area contributed by atoms with E-state index in [1.165, 1.54) is 18.2 Å². The van der Waals surface area contributed by atoms with E-state index >= 15 is 0 Å². The maximum Gasteiger partial charge on any atom is 0.300 e. The highest BCUT2D eigenvalue weighted by molar-refractivity contribution is 6.36. The monoisotopic (exact) mass is 326 g/mol. The highest BCUT2D eigenvalue weighted by atomic mass is 35.5. The van der Waals surface area contributed by atoms with Crippen molar-refractivity contribution in [1.29, 1.82) is 0 Å². The minimum atomic E-state index is -0.722. The molecule has 1 aromatic heterocycles. The Hall–Kier alpha value is -2.38. The fourth-order valence-electron chi connectivity index (χ4n) is 1.57. The molecule has 9 heteroatoms. The molecule has 0 atom stereocenters. The second-order valence-corrected chi connectivity index (χ2v) is 4.81. The first kappa shape index (κ1) is 15.0. The molecule has 0 aliphatic carbocycles. The van der Waals surface area contributed by atoms with Crippen LogP contribution in [-0.2, 0) is 0 Å². The van der Waals surface area contributed by atoms with Gasteiger partial charge in [-0.05, 0) is 24.3 Å². The summed E-state index contributed by atoms with van der Waals surface area (Å²) in [6.07, 6.45) is 0.924. The summed E-state index contributed by atoms with van der Waals surface area (Å²) in [6, 6.07) is 5.57. The zero-order valence-electron chi connectivity index (χ0n) is 10.3. The SMILES string of the molecule is Nc1cc(C(=O)Nc2ccc(Cl)cc2Cl)c([N+](=O)[O-])cn1. The van der Waals surface area contributed by atoms with Crippen LogP contribution in [0.5, 0.6) is 0 Å². The first-order valence-electron chi connectivity index (χ1n) is 5.55. The number of carbonyl (C=O) groups is 1. The number of hydrogen-bond donors (Lipinski definition) is 2. The third-order valence-corrected chi connectivity index (χ3v) is 3.07. The van der Waals surface area contributed by atoms with Gasteiger partial charge in [-0.3, -0.25) is 14.9 Å². The van der Waals surface area contributed by atoms with Gasteiger partial charge in [0.05, 0.1) is 15.6 Å².